The van der Waals surface area contributed by atoms with Gasteiger partial charge in [-0.2, -0.15) is 0 Å². The van der Waals surface area contributed by atoms with E-state index in [4.69, 9.17) is 0 Å². The van der Waals surface area contributed by atoms with Crippen LogP contribution >= 0.6 is 0 Å². The molecule has 0 saturated carbocycles. The van der Waals surface area contributed by atoms with Crippen LogP contribution in [0.5, 0.6) is 0 Å². The van der Waals surface area contributed by atoms with Crippen LogP contribution in [0.3, 0.4) is 0 Å². The van der Waals surface area contributed by atoms with Gasteiger partial charge in [0.05, 0.1) is 0 Å². The molecule has 58 heavy (non-hydrogen) atoms. The van der Waals surface area contributed by atoms with Crippen LogP contribution < -0.4 is 0 Å². The van der Waals surface area contributed by atoms with Crippen molar-refractivity contribution in [1.29, 1.82) is 0 Å². The van der Waals surface area contributed by atoms with Crippen LogP contribution in [0.2, 0.25) is 0 Å². The summed E-state index contributed by atoms with van der Waals surface area (Å²) in [6.07, 6.45) is 7.46. The van der Waals surface area contributed by atoms with E-state index in [9.17, 15) is 0 Å². The van der Waals surface area contributed by atoms with Crippen molar-refractivity contribution in [3.05, 3.63) is 218 Å². The number of benzene rings is 8. The summed E-state index contributed by atoms with van der Waals surface area (Å²) in [6, 6.07) is 66.7. The van der Waals surface area contributed by atoms with E-state index in [1.54, 1.807) is 0 Å². The average molecular weight is 741 g/mol. The molecule has 8 aromatic carbocycles. The molecule has 0 N–H and O–H groups in total. The van der Waals surface area contributed by atoms with Gasteiger partial charge < -0.3 is 0 Å². The van der Waals surface area contributed by atoms with E-state index >= 15 is 0 Å². The molecule has 274 valence electrons. The minimum Gasteiger partial charge on any atom is -0.265 e. The highest BCUT2D eigenvalue weighted by atomic mass is 14.6. The second kappa shape index (κ2) is 14.9. The number of hydrogen-bond donors (Lipinski definition) is 0. The van der Waals surface area contributed by atoms with E-state index in [0.717, 1.165) is 0 Å². The van der Waals surface area contributed by atoms with Gasteiger partial charge in [-0.05, 0) is 173 Å². The van der Waals surface area contributed by atoms with Crippen molar-refractivity contribution in [1.82, 2.24) is 9.97 Å². The molecule has 0 aliphatic carbocycles. The molecular formula is C56H40N2. The lowest BCUT2D eigenvalue weighted by atomic mass is 9.83. The molecular weight excluding hydrogens is 701 g/mol. The predicted octanol–water partition coefficient (Wildman–Crippen LogP) is 15.1. The van der Waals surface area contributed by atoms with Crippen molar-refractivity contribution in [2.45, 2.75) is 13.8 Å². The molecule has 0 spiro atoms. The van der Waals surface area contributed by atoms with Crippen molar-refractivity contribution in [3.63, 3.8) is 0 Å². The minimum atomic E-state index is 1.17. The number of pyridine rings is 2. The predicted molar refractivity (Wildman–Crippen MR) is 245 cm³/mol. The van der Waals surface area contributed by atoms with Gasteiger partial charge >= 0.3 is 0 Å². The van der Waals surface area contributed by atoms with Crippen LogP contribution in [0.25, 0.3) is 99.4 Å². The summed E-state index contributed by atoms with van der Waals surface area (Å²) in [5.41, 5.74) is 19.3. The highest BCUT2D eigenvalue weighted by molar-refractivity contribution is 6.22. The number of aryl methyl sites for hydroxylation is 2. The lowest BCUT2D eigenvalue weighted by Gasteiger charge is -2.20. The Bertz CT molecular complexity index is 3040. The van der Waals surface area contributed by atoms with Crippen LogP contribution in [0.4, 0.5) is 0 Å². The fraction of sp³-hybridized carbons (Fsp3) is 0.0357. The van der Waals surface area contributed by atoms with Gasteiger partial charge in [0, 0.05) is 24.8 Å². The number of nitrogens with zero attached hydrogens (tertiary/aromatic N) is 2. The van der Waals surface area contributed by atoms with Crippen molar-refractivity contribution in [2.24, 2.45) is 0 Å². The van der Waals surface area contributed by atoms with E-state index in [1.807, 2.05) is 24.8 Å². The maximum atomic E-state index is 4.27. The summed E-state index contributed by atoms with van der Waals surface area (Å²) < 4.78 is 0. The monoisotopic (exact) mass is 740 g/mol. The molecule has 2 heterocycles. The van der Waals surface area contributed by atoms with E-state index < -0.39 is 0 Å². The summed E-state index contributed by atoms with van der Waals surface area (Å²) in [4.78, 5) is 8.53. The SMILES string of the molecule is Cc1cc(-c2c3ccccc3c(-c3ccc(-c4ccncc4)c(C)c3)c3cc(-c4cc(-c5ccccc5)cc(-c5ccccc5)c4)ccc23)ccc1-c1ccncc1. The number of fused-ring (bicyclic) bond motifs is 2. The third kappa shape index (κ3) is 6.45. The fourth-order valence-electron chi connectivity index (χ4n) is 8.72. The zero-order chi connectivity index (χ0) is 39.0. The van der Waals surface area contributed by atoms with E-state index in [0.29, 0.717) is 0 Å². The number of rotatable bonds is 7. The maximum absolute atomic E-state index is 4.27. The molecule has 0 bridgehead atoms. The van der Waals surface area contributed by atoms with Crippen molar-refractivity contribution in [3.8, 4) is 77.9 Å². The zero-order valence-corrected chi connectivity index (χ0v) is 32.5. The van der Waals surface area contributed by atoms with Gasteiger partial charge in [-0.1, -0.05) is 133 Å². The molecule has 2 aromatic heterocycles. The molecule has 2 nitrogen and oxygen atoms in total. The topological polar surface area (TPSA) is 25.8 Å². The van der Waals surface area contributed by atoms with Gasteiger partial charge in [-0.3, -0.25) is 9.97 Å². The Morgan fingerprint density at radius 1 is 0.259 bits per heavy atom. The minimum absolute atomic E-state index is 1.17. The average Bonchev–Trinajstić information content (AvgIpc) is 3.29. The summed E-state index contributed by atoms with van der Waals surface area (Å²) in [5, 5.41) is 4.93. The third-order valence-electron chi connectivity index (χ3n) is 11.5. The highest BCUT2D eigenvalue weighted by Crippen LogP contribution is 2.46. The smallest absolute Gasteiger partial charge is 0.0273 e. The van der Waals surface area contributed by atoms with E-state index in [1.165, 1.54) is 111 Å². The van der Waals surface area contributed by atoms with Gasteiger partial charge in [0.2, 0.25) is 0 Å². The van der Waals surface area contributed by atoms with Gasteiger partial charge in [-0.25, -0.2) is 0 Å². The van der Waals surface area contributed by atoms with Crippen LogP contribution in [-0.4, -0.2) is 9.97 Å². The van der Waals surface area contributed by atoms with Gasteiger partial charge in [0.1, 0.15) is 0 Å². The Balaban J connectivity index is 1.24. The molecule has 0 radical (unpaired) electrons. The Morgan fingerprint density at radius 2 is 0.655 bits per heavy atom. The maximum Gasteiger partial charge on any atom is 0.0273 e. The normalized spacial score (nSPS) is 11.3. The largest absolute Gasteiger partial charge is 0.265 e. The van der Waals surface area contributed by atoms with E-state index in [-0.39, 0.29) is 0 Å². The molecule has 0 saturated heterocycles. The first-order valence-electron chi connectivity index (χ1n) is 19.9. The first-order valence-corrected chi connectivity index (χ1v) is 19.9. The number of aromatic nitrogens is 2. The lowest BCUT2D eigenvalue weighted by molar-refractivity contribution is 1.32. The van der Waals surface area contributed by atoms with Gasteiger partial charge in [-0.15, -0.1) is 0 Å². The molecule has 0 fully saturated rings. The first-order chi connectivity index (χ1) is 28.6. The highest BCUT2D eigenvalue weighted by Gasteiger charge is 2.19. The Hall–Kier alpha value is -7.42. The summed E-state index contributed by atoms with van der Waals surface area (Å²) >= 11 is 0. The Morgan fingerprint density at radius 3 is 1.12 bits per heavy atom. The molecule has 0 atom stereocenters. The van der Waals surface area contributed by atoms with Gasteiger partial charge in [0.15, 0.2) is 0 Å². The van der Waals surface area contributed by atoms with Crippen LogP contribution in [0.15, 0.2) is 207 Å². The third-order valence-corrected chi connectivity index (χ3v) is 11.5. The second-order valence-corrected chi connectivity index (χ2v) is 15.1. The Labute approximate surface area is 339 Å². The Kier molecular flexibility index (Phi) is 9.01. The zero-order valence-electron chi connectivity index (χ0n) is 32.5. The van der Waals surface area contributed by atoms with E-state index in [2.05, 4.69) is 206 Å². The summed E-state index contributed by atoms with van der Waals surface area (Å²) in [6.45, 7) is 4.43. The molecule has 0 aliphatic rings. The lowest BCUT2D eigenvalue weighted by Crippen LogP contribution is -1.94. The quantitative estimate of drug-likeness (QED) is 0.152. The molecule has 10 rings (SSSR count). The molecule has 10 aromatic rings. The fourth-order valence-corrected chi connectivity index (χ4v) is 8.72. The second-order valence-electron chi connectivity index (χ2n) is 15.1. The van der Waals surface area contributed by atoms with Crippen LogP contribution in [0.1, 0.15) is 11.1 Å². The van der Waals surface area contributed by atoms with Crippen molar-refractivity contribution >= 4 is 21.5 Å². The van der Waals surface area contributed by atoms with Crippen molar-refractivity contribution < 1.29 is 0 Å². The standard InChI is InChI=1S/C56H40N2/c1-37-31-44(18-20-49(37)41-23-27-57-28-24-41)55-51-15-9-10-16-52(51)56(45-19-21-50(38(2)32-45)42-25-29-58-30-26-42)54-36-43(17-22-53(54)55)48-34-46(39-11-5-3-6-12-39)33-47(35-48)40-13-7-4-8-14-40/h3-36H,1-2H3. The first kappa shape index (κ1) is 35.0. The van der Waals surface area contributed by atoms with Crippen molar-refractivity contribution in [2.75, 3.05) is 0 Å². The van der Waals surface area contributed by atoms with Crippen LogP contribution in [-0.2, 0) is 0 Å². The summed E-state index contributed by atoms with van der Waals surface area (Å²) in [7, 11) is 0. The van der Waals surface area contributed by atoms with Gasteiger partial charge in [0.25, 0.3) is 0 Å². The molecule has 0 unspecified atom stereocenters. The number of hydrogen-bond acceptors (Lipinski definition) is 2. The summed E-state index contributed by atoms with van der Waals surface area (Å²) in [5.74, 6) is 0. The molecule has 0 amide bonds. The van der Waals surface area contributed by atoms with Crippen LogP contribution in [0, 0.1) is 13.8 Å². The molecule has 2 heteroatoms. The molecule has 0 aliphatic heterocycles.